The van der Waals surface area contributed by atoms with Crippen LogP contribution >= 0.6 is 0 Å². The quantitative estimate of drug-likeness (QED) is 0.921. The Balaban J connectivity index is 2.26. The maximum absolute atomic E-state index is 12.4. The Morgan fingerprint density at radius 1 is 1.14 bits per heavy atom. The molecule has 5 heteroatoms. The number of carbonyl (C=O) groups is 1. The Kier molecular flexibility index (Phi) is 5.09. The van der Waals surface area contributed by atoms with E-state index in [2.05, 4.69) is 15.3 Å². The van der Waals surface area contributed by atoms with E-state index < -0.39 is 0 Å². The van der Waals surface area contributed by atoms with Crippen molar-refractivity contribution in [3.63, 3.8) is 0 Å². The van der Waals surface area contributed by atoms with E-state index >= 15 is 0 Å². The van der Waals surface area contributed by atoms with Crippen LogP contribution in [0.4, 0.5) is 11.6 Å². The first-order valence-corrected chi connectivity index (χ1v) is 7.52. The van der Waals surface area contributed by atoms with Gasteiger partial charge in [0, 0.05) is 24.5 Å². The number of hydrogen-bond acceptors (Lipinski definition) is 4. The normalized spacial score (nSPS) is 10.4. The van der Waals surface area contributed by atoms with Crippen LogP contribution in [0, 0.1) is 13.8 Å². The number of nitrogens with one attached hydrogen (secondary N) is 1. The number of benzene rings is 1. The van der Waals surface area contributed by atoms with Gasteiger partial charge in [0.2, 0.25) is 5.95 Å². The summed E-state index contributed by atoms with van der Waals surface area (Å²) in [5.41, 5.74) is 3.04. The highest BCUT2D eigenvalue weighted by molar-refractivity contribution is 6.03. The minimum atomic E-state index is -0.218. The van der Waals surface area contributed by atoms with E-state index in [0.29, 0.717) is 11.6 Å². The Morgan fingerprint density at radius 2 is 1.86 bits per heavy atom. The van der Waals surface area contributed by atoms with Crippen molar-refractivity contribution in [3.05, 3.63) is 47.3 Å². The number of carbonyl (C=O) groups excluding carboxylic acids is 1. The molecule has 0 spiro atoms. The van der Waals surface area contributed by atoms with Gasteiger partial charge < -0.3 is 10.2 Å². The predicted octanol–water partition coefficient (Wildman–Crippen LogP) is 3.19. The number of nitrogens with zero attached hydrogens (tertiary/aromatic N) is 3. The van der Waals surface area contributed by atoms with Gasteiger partial charge in [0.25, 0.3) is 5.91 Å². The molecule has 0 aliphatic heterocycles. The van der Waals surface area contributed by atoms with E-state index in [0.717, 1.165) is 30.0 Å². The maximum Gasteiger partial charge on any atom is 0.274 e. The standard InChI is InChI=1S/C17H22N4O/c1-5-21(6-2)17-18-13(4)11-15(20-17)16(22)19-14-9-7-8-12(3)10-14/h7-11H,5-6H2,1-4H3,(H,19,22). The van der Waals surface area contributed by atoms with Gasteiger partial charge in [-0.3, -0.25) is 4.79 Å². The van der Waals surface area contributed by atoms with Gasteiger partial charge in [-0.05, 0) is 51.5 Å². The largest absolute Gasteiger partial charge is 0.341 e. The van der Waals surface area contributed by atoms with Crippen molar-refractivity contribution in [1.29, 1.82) is 0 Å². The molecule has 1 aromatic heterocycles. The third-order valence-electron chi connectivity index (χ3n) is 3.40. The lowest BCUT2D eigenvalue weighted by Crippen LogP contribution is -2.26. The number of aromatic nitrogens is 2. The van der Waals surface area contributed by atoms with Gasteiger partial charge in [-0.25, -0.2) is 9.97 Å². The first-order chi connectivity index (χ1) is 10.5. The van der Waals surface area contributed by atoms with E-state index in [1.807, 2.05) is 56.9 Å². The zero-order chi connectivity index (χ0) is 16.1. The number of anilines is 2. The third kappa shape index (κ3) is 3.81. The molecule has 1 aromatic carbocycles. The summed E-state index contributed by atoms with van der Waals surface area (Å²) in [5.74, 6) is 0.379. The molecule has 0 radical (unpaired) electrons. The van der Waals surface area contributed by atoms with E-state index in [-0.39, 0.29) is 5.91 Å². The van der Waals surface area contributed by atoms with Crippen LogP contribution in [-0.2, 0) is 0 Å². The molecule has 2 rings (SSSR count). The molecule has 0 aliphatic carbocycles. The van der Waals surface area contributed by atoms with Crippen LogP contribution in [0.5, 0.6) is 0 Å². The lowest BCUT2D eigenvalue weighted by molar-refractivity contribution is 0.102. The van der Waals surface area contributed by atoms with E-state index in [4.69, 9.17) is 0 Å². The SMILES string of the molecule is CCN(CC)c1nc(C)cc(C(=O)Nc2cccc(C)c2)n1. The highest BCUT2D eigenvalue weighted by Gasteiger charge is 2.13. The van der Waals surface area contributed by atoms with Crippen LogP contribution in [-0.4, -0.2) is 29.0 Å². The molecule has 1 amide bonds. The van der Waals surface area contributed by atoms with Crippen molar-refractivity contribution in [2.75, 3.05) is 23.3 Å². The fourth-order valence-electron chi connectivity index (χ4n) is 2.24. The van der Waals surface area contributed by atoms with Crippen LogP contribution in [0.1, 0.15) is 35.6 Å². The van der Waals surface area contributed by atoms with E-state index in [9.17, 15) is 4.79 Å². The summed E-state index contributed by atoms with van der Waals surface area (Å²) in [6.45, 7) is 9.56. The Labute approximate surface area is 131 Å². The molecule has 0 bridgehead atoms. The fourth-order valence-corrected chi connectivity index (χ4v) is 2.24. The highest BCUT2D eigenvalue weighted by Crippen LogP contribution is 2.14. The van der Waals surface area contributed by atoms with E-state index in [1.165, 1.54) is 0 Å². The van der Waals surface area contributed by atoms with Crippen molar-refractivity contribution in [2.45, 2.75) is 27.7 Å². The summed E-state index contributed by atoms with van der Waals surface area (Å²) >= 11 is 0. The van der Waals surface area contributed by atoms with Gasteiger partial charge in [0.1, 0.15) is 5.69 Å². The first-order valence-electron chi connectivity index (χ1n) is 7.52. The van der Waals surface area contributed by atoms with Crippen LogP contribution < -0.4 is 10.2 Å². The number of hydrogen-bond donors (Lipinski definition) is 1. The van der Waals surface area contributed by atoms with Gasteiger partial charge in [0.15, 0.2) is 0 Å². The smallest absolute Gasteiger partial charge is 0.274 e. The molecule has 5 nitrogen and oxygen atoms in total. The van der Waals surface area contributed by atoms with Crippen molar-refractivity contribution < 1.29 is 4.79 Å². The van der Waals surface area contributed by atoms with Crippen LogP contribution in [0.3, 0.4) is 0 Å². The Hall–Kier alpha value is -2.43. The Morgan fingerprint density at radius 3 is 2.50 bits per heavy atom. The average molecular weight is 298 g/mol. The molecule has 0 saturated heterocycles. The molecular weight excluding hydrogens is 276 g/mol. The predicted molar refractivity (Wildman–Crippen MR) is 89.5 cm³/mol. The van der Waals surface area contributed by atoms with Gasteiger partial charge in [-0.2, -0.15) is 0 Å². The zero-order valence-electron chi connectivity index (χ0n) is 13.6. The lowest BCUT2D eigenvalue weighted by Gasteiger charge is -2.19. The van der Waals surface area contributed by atoms with E-state index in [1.54, 1.807) is 6.07 Å². The number of rotatable bonds is 5. The molecule has 2 aromatic rings. The molecule has 116 valence electrons. The fraction of sp³-hybridized carbons (Fsp3) is 0.353. The summed E-state index contributed by atoms with van der Waals surface area (Å²) in [6.07, 6.45) is 0. The average Bonchev–Trinajstić information content (AvgIpc) is 2.48. The second-order valence-electron chi connectivity index (χ2n) is 5.19. The molecule has 1 heterocycles. The third-order valence-corrected chi connectivity index (χ3v) is 3.40. The highest BCUT2D eigenvalue weighted by atomic mass is 16.1. The molecule has 0 unspecified atom stereocenters. The van der Waals surface area contributed by atoms with Crippen molar-refractivity contribution in [3.8, 4) is 0 Å². The van der Waals surface area contributed by atoms with Gasteiger partial charge in [-0.15, -0.1) is 0 Å². The molecular formula is C17H22N4O. The van der Waals surface area contributed by atoms with Crippen LogP contribution in [0.2, 0.25) is 0 Å². The first kappa shape index (κ1) is 15.9. The van der Waals surface area contributed by atoms with Crippen molar-refractivity contribution in [1.82, 2.24) is 9.97 Å². The molecule has 0 atom stereocenters. The number of amides is 1. The summed E-state index contributed by atoms with van der Waals surface area (Å²) in [4.78, 5) is 23.2. The van der Waals surface area contributed by atoms with Gasteiger partial charge >= 0.3 is 0 Å². The molecule has 0 fully saturated rings. The van der Waals surface area contributed by atoms with Crippen molar-refractivity contribution >= 4 is 17.5 Å². The topological polar surface area (TPSA) is 58.1 Å². The molecule has 1 N–H and O–H groups in total. The summed E-state index contributed by atoms with van der Waals surface area (Å²) in [6, 6.07) is 9.40. The minimum Gasteiger partial charge on any atom is -0.341 e. The Bertz CT molecular complexity index is 665. The monoisotopic (exact) mass is 298 g/mol. The second kappa shape index (κ2) is 7.02. The lowest BCUT2D eigenvalue weighted by atomic mass is 10.2. The van der Waals surface area contributed by atoms with Gasteiger partial charge in [-0.1, -0.05) is 12.1 Å². The summed E-state index contributed by atoms with van der Waals surface area (Å²) < 4.78 is 0. The summed E-state index contributed by atoms with van der Waals surface area (Å²) in [5, 5.41) is 2.88. The number of aryl methyl sites for hydroxylation is 2. The molecule has 22 heavy (non-hydrogen) atoms. The maximum atomic E-state index is 12.4. The van der Waals surface area contributed by atoms with Crippen LogP contribution in [0.15, 0.2) is 30.3 Å². The second-order valence-corrected chi connectivity index (χ2v) is 5.19. The minimum absolute atomic E-state index is 0.218. The summed E-state index contributed by atoms with van der Waals surface area (Å²) in [7, 11) is 0. The van der Waals surface area contributed by atoms with Crippen molar-refractivity contribution in [2.24, 2.45) is 0 Å². The van der Waals surface area contributed by atoms with Crippen LogP contribution in [0.25, 0.3) is 0 Å². The molecule has 0 aliphatic rings. The van der Waals surface area contributed by atoms with Gasteiger partial charge in [0.05, 0.1) is 0 Å². The molecule has 0 saturated carbocycles. The zero-order valence-corrected chi connectivity index (χ0v) is 13.6.